The molecule has 1 aliphatic rings. The van der Waals surface area contributed by atoms with E-state index in [1.165, 1.54) is 0 Å². The molecule has 0 radical (unpaired) electrons. The van der Waals surface area contributed by atoms with Gasteiger partial charge in [0.15, 0.2) is 5.82 Å². The number of aromatic nitrogens is 2. The summed E-state index contributed by atoms with van der Waals surface area (Å²) in [6, 6.07) is 13.6. The molecule has 1 aliphatic heterocycles. The van der Waals surface area contributed by atoms with Crippen LogP contribution < -0.4 is 4.90 Å². The van der Waals surface area contributed by atoms with Gasteiger partial charge in [0.25, 0.3) is 5.91 Å². The molecule has 0 bridgehead atoms. The third-order valence-electron chi connectivity index (χ3n) is 4.81. The lowest BCUT2D eigenvalue weighted by Crippen LogP contribution is -2.31. The molecule has 0 spiro atoms. The van der Waals surface area contributed by atoms with Crippen LogP contribution in [0.1, 0.15) is 34.9 Å². The third kappa shape index (κ3) is 2.76. The van der Waals surface area contributed by atoms with E-state index >= 15 is 0 Å². The van der Waals surface area contributed by atoms with Gasteiger partial charge in [-0.05, 0) is 37.1 Å². The van der Waals surface area contributed by atoms with E-state index in [4.69, 9.17) is 4.98 Å². The zero-order valence-corrected chi connectivity index (χ0v) is 14.6. The number of rotatable bonds is 3. The maximum Gasteiger partial charge on any atom is 0.254 e. The Labute approximate surface area is 147 Å². The highest BCUT2D eigenvalue weighted by Gasteiger charge is 2.32. The van der Waals surface area contributed by atoms with Crippen LogP contribution >= 0.6 is 0 Å². The molecule has 0 saturated carbocycles. The zero-order chi connectivity index (χ0) is 17.4. The first-order valence-corrected chi connectivity index (χ1v) is 8.66. The Kier molecular flexibility index (Phi) is 3.92. The fourth-order valence-corrected chi connectivity index (χ4v) is 3.60. The van der Waals surface area contributed by atoms with Crippen molar-refractivity contribution in [1.29, 1.82) is 0 Å². The lowest BCUT2D eigenvalue weighted by atomic mass is 10.1. The van der Waals surface area contributed by atoms with Gasteiger partial charge in [0.1, 0.15) is 0 Å². The van der Waals surface area contributed by atoms with Crippen molar-refractivity contribution in [2.45, 2.75) is 18.9 Å². The summed E-state index contributed by atoms with van der Waals surface area (Å²) in [6.07, 6.45) is 6.05. The SMILES string of the molecule is CN(C)c1nc([C@@H]2CCCN2C(=O)c2ccccc2)cn2cccc12. The number of amides is 1. The van der Waals surface area contributed by atoms with Gasteiger partial charge in [-0.3, -0.25) is 4.79 Å². The molecule has 5 heteroatoms. The maximum atomic E-state index is 12.9. The van der Waals surface area contributed by atoms with Gasteiger partial charge < -0.3 is 14.2 Å². The van der Waals surface area contributed by atoms with E-state index in [9.17, 15) is 4.79 Å². The Balaban J connectivity index is 1.73. The number of anilines is 1. The summed E-state index contributed by atoms with van der Waals surface area (Å²) in [5.74, 6) is 1.02. The lowest BCUT2D eigenvalue weighted by Gasteiger charge is -2.26. The molecule has 1 aromatic carbocycles. The van der Waals surface area contributed by atoms with Crippen molar-refractivity contribution in [2.75, 3.05) is 25.5 Å². The summed E-state index contributed by atoms with van der Waals surface area (Å²) >= 11 is 0. The summed E-state index contributed by atoms with van der Waals surface area (Å²) in [7, 11) is 4.00. The zero-order valence-electron chi connectivity index (χ0n) is 14.6. The molecule has 1 atom stereocenters. The Morgan fingerprint density at radius 1 is 1.16 bits per heavy atom. The predicted octanol–water partition coefficient (Wildman–Crippen LogP) is 3.38. The van der Waals surface area contributed by atoms with Crippen molar-refractivity contribution in [3.05, 3.63) is 66.1 Å². The molecule has 0 aliphatic carbocycles. The van der Waals surface area contributed by atoms with Gasteiger partial charge in [-0.25, -0.2) is 4.98 Å². The fraction of sp³-hybridized carbons (Fsp3) is 0.300. The first-order chi connectivity index (χ1) is 12.1. The predicted molar refractivity (Wildman–Crippen MR) is 99.0 cm³/mol. The van der Waals surface area contributed by atoms with Gasteiger partial charge in [-0.15, -0.1) is 0 Å². The quantitative estimate of drug-likeness (QED) is 0.737. The monoisotopic (exact) mass is 334 g/mol. The molecular weight excluding hydrogens is 312 g/mol. The highest BCUT2D eigenvalue weighted by molar-refractivity contribution is 5.94. The Bertz CT molecular complexity index is 900. The highest BCUT2D eigenvalue weighted by atomic mass is 16.2. The van der Waals surface area contributed by atoms with Crippen molar-refractivity contribution in [3.8, 4) is 0 Å². The highest BCUT2D eigenvalue weighted by Crippen LogP contribution is 2.33. The fourth-order valence-electron chi connectivity index (χ4n) is 3.60. The van der Waals surface area contributed by atoms with Crippen molar-refractivity contribution < 1.29 is 4.79 Å². The van der Waals surface area contributed by atoms with Gasteiger partial charge in [-0.1, -0.05) is 18.2 Å². The second-order valence-electron chi connectivity index (χ2n) is 6.71. The number of likely N-dealkylation sites (tertiary alicyclic amines) is 1. The van der Waals surface area contributed by atoms with Crippen LogP contribution in [0.15, 0.2) is 54.9 Å². The minimum Gasteiger partial charge on any atom is -0.361 e. The van der Waals surface area contributed by atoms with Crippen LogP contribution in [0.2, 0.25) is 0 Å². The van der Waals surface area contributed by atoms with Crippen molar-refractivity contribution in [2.24, 2.45) is 0 Å². The molecule has 5 nitrogen and oxygen atoms in total. The molecule has 128 valence electrons. The van der Waals surface area contributed by atoms with Crippen LogP contribution in [0.25, 0.3) is 5.52 Å². The molecule has 25 heavy (non-hydrogen) atoms. The third-order valence-corrected chi connectivity index (χ3v) is 4.81. The molecule has 1 saturated heterocycles. The summed E-state index contributed by atoms with van der Waals surface area (Å²) in [5, 5.41) is 0. The molecule has 0 N–H and O–H groups in total. The van der Waals surface area contributed by atoms with E-state index < -0.39 is 0 Å². The minimum atomic E-state index is 0.0261. The van der Waals surface area contributed by atoms with Crippen LogP contribution in [0.4, 0.5) is 5.82 Å². The summed E-state index contributed by atoms with van der Waals surface area (Å²) in [4.78, 5) is 21.8. The van der Waals surface area contributed by atoms with E-state index in [1.807, 2.05) is 66.5 Å². The van der Waals surface area contributed by atoms with Crippen LogP contribution in [-0.2, 0) is 0 Å². The van der Waals surface area contributed by atoms with Gasteiger partial charge >= 0.3 is 0 Å². The second-order valence-corrected chi connectivity index (χ2v) is 6.71. The van der Waals surface area contributed by atoms with Gasteiger partial charge in [0.2, 0.25) is 0 Å². The molecular formula is C20H22N4O. The van der Waals surface area contributed by atoms with Crippen molar-refractivity contribution in [3.63, 3.8) is 0 Å². The molecule has 3 aromatic rings. The molecule has 4 rings (SSSR count). The van der Waals surface area contributed by atoms with E-state index in [2.05, 4.69) is 16.7 Å². The van der Waals surface area contributed by atoms with E-state index in [0.29, 0.717) is 0 Å². The lowest BCUT2D eigenvalue weighted by molar-refractivity contribution is 0.0732. The van der Waals surface area contributed by atoms with Crippen molar-refractivity contribution in [1.82, 2.24) is 14.3 Å². The van der Waals surface area contributed by atoms with Crippen LogP contribution in [0, 0.1) is 0 Å². The van der Waals surface area contributed by atoms with Crippen molar-refractivity contribution >= 4 is 17.2 Å². The second kappa shape index (κ2) is 6.24. The number of carbonyl (C=O) groups is 1. The van der Waals surface area contributed by atoms with Gasteiger partial charge in [-0.2, -0.15) is 0 Å². The first kappa shape index (κ1) is 15.7. The molecule has 0 unspecified atom stereocenters. The molecule has 3 heterocycles. The number of hydrogen-bond acceptors (Lipinski definition) is 3. The number of nitrogens with zero attached hydrogens (tertiary/aromatic N) is 4. The molecule has 1 amide bonds. The average molecular weight is 334 g/mol. The number of hydrogen-bond donors (Lipinski definition) is 0. The molecule has 1 fully saturated rings. The minimum absolute atomic E-state index is 0.0261. The first-order valence-electron chi connectivity index (χ1n) is 8.66. The van der Waals surface area contributed by atoms with Gasteiger partial charge in [0.05, 0.1) is 17.3 Å². The van der Waals surface area contributed by atoms with E-state index in [1.54, 1.807) is 0 Å². The van der Waals surface area contributed by atoms with Crippen LogP contribution in [0.3, 0.4) is 0 Å². The average Bonchev–Trinajstić information content (AvgIpc) is 3.29. The maximum absolute atomic E-state index is 12.9. The summed E-state index contributed by atoms with van der Waals surface area (Å²) in [5.41, 5.74) is 2.77. The number of fused-ring (bicyclic) bond motifs is 1. The Hall–Kier alpha value is -2.82. The summed E-state index contributed by atoms with van der Waals surface area (Å²) < 4.78 is 2.10. The van der Waals surface area contributed by atoms with Crippen LogP contribution in [-0.4, -0.2) is 40.8 Å². The normalized spacial score (nSPS) is 17.2. The number of carbonyl (C=O) groups excluding carboxylic acids is 1. The van der Waals surface area contributed by atoms with E-state index in [-0.39, 0.29) is 11.9 Å². The topological polar surface area (TPSA) is 40.9 Å². The standard InChI is InChI=1S/C20H22N4O/c1-22(2)19-18-11-6-12-23(18)14-16(21-19)17-10-7-13-24(17)20(25)15-8-4-3-5-9-15/h3-6,8-9,11-12,14,17H,7,10,13H2,1-2H3/t17-/m0/s1. The van der Waals surface area contributed by atoms with Crippen LogP contribution in [0.5, 0.6) is 0 Å². The van der Waals surface area contributed by atoms with Gasteiger partial charge in [0, 0.05) is 38.6 Å². The number of benzene rings is 1. The molecule has 2 aromatic heterocycles. The Morgan fingerprint density at radius 3 is 2.72 bits per heavy atom. The van der Waals surface area contributed by atoms with E-state index in [0.717, 1.165) is 42.0 Å². The summed E-state index contributed by atoms with van der Waals surface area (Å²) in [6.45, 7) is 0.779. The smallest absolute Gasteiger partial charge is 0.254 e. The Morgan fingerprint density at radius 2 is 1.96 bits per heavy atom. The largest absolute Gasteiger partial charge is 0.361 e.